The van der Waals surface area contributed by atoms with E-state index in [-0.39, 0.29) is 6.03 Å². The van der Waals surface area contributed by atoms with Crippen LogP contribution in [0.1, 0.15) is 0 Å². The van der Waals surface area contributed by atoms with Crippen molar-refractivity contribution in [3.63, 3.8) is 0 Å². The van der Waals surface area contributed by atoms with E-state index in [1.165, 1.54) is 30.5 Å². The number of aromatic nitrogens is 2. The normalized spacial score (nSPS) is 13.4. The molecule has 0 aromatic carbocycles. The number of hydrogen-bond acceptors (Lipinski definition) is 6. The van der Waals surface area contributed by atoms with Crippen LogP contribution in [0.3, 0.4) is 0 Å². The van der Waals surface area contributed by atoms with Gasteiger partial charge >= 0.3 is 6.03 Å². The van der Waals surface area contributed by atoms with Gasteiger partial charge in [-0.15, -0.1) is 0 Å². The van der Waals surface area contributed by atoms with E-state index >= 15 is 0 Å². The number of ether oxygens (including phenoxy) is 2. The molecule has 0 spiro atoms. The summed E-state index contributed by atoms with van der Waals surface area (Å²) in [5.74, 6) is 1.38. The van der Waals surface area contributed by atoms with E-state index in [4.69, 9.17) is 9.47 Å². The topological polar surface area (TPSA) is 76.6 Å². The fraction of sp³-hybridized carbons (Fsp3) is 0.154. The zero-order valence-corrected chi connectivity index (χ0v) is 12.2. The molecule has 0 aliphatic carbocycles. The highest BCUT2D eigenvalue weighted by atomic mass is 32.2. The summed E-state index contributed by atoms with van der Waals surface area (Å²) in [6, 6.07) is 5.10. The van der Waals surface area contributed by atoms with E-state index in [0.717, 1.165) is 4.90 Å². The number of nitrogens with zero attached hydrogens (tertiary/aromatic N) is 3. The number of carbonyl (C=O) groups is 1. The van der Waals surface area contributed by atoms with Crippen LogP contribution >= 0.6 is 11.9 Å². The molecule has 3 heterocycles. The van der Waals surface area contributed by atoms with Gasteiger partial charge in [-0.05, 0) is 12.1 Å². The van der Waals surface area contributed by atoms with Gasteiger partial charge in [0.05, 0.1) is 31.0 Å². The summed E-state index contributed by atoms with van der Waals surface area (Å²) in [6.45, 7) is 0. The molecule has 0 unspecified atom stereocenters. The number of fused-ring (bicyclic) bond motifs is 1. The first-order valence-corrected chi connectivity index (χ1v) is 6.82. The van der Waals surface area contributed by atoms with Crippen LogP contribution in [0.4, 0.5) is 16.3 Å². The molecule has 2 amide bonds. The molecule has 108 valence electrons. The van der Waals surface area contributed by atoms with Gasteiger partial charge < -0.3 is 9.47 Å². The van der Waals surface area contributed by atoms with Crippen molar-refractivity contribution >= 4 is 29.5 Å². The predicted molar refractivity (Wildman–Crippen MR) is 78.9 cm³/mol. The number of hydrogen-bond donors (Lipinski definition) is 1. The second kappa shape index (κ2) is 5.49. The summed E-state index contributed by atoms with van der Waals surface area (Å²) in [7, 11) is 3.03. The fourth-order valence-electron chi connectivity index (χ4n) is 1.85. The Kier molecular flexibility index (Phi) is 3.53. The largest absolute Gasteiger partial charge is 0.491 e. The van der Waals surface area contributed by atoms with Crippen LogP contribution in [0.15, 0.2) is 35.5 Å². The van der Waals surface area contributed by atoms with Gasteiger partial charge in [-0.3, -0.25) is 5.32 Å². The van der Waals surface area contributed by atoms with Crippen molar-refractivity contribution in [2.75, 3.05) is 23.8 Å². The second-order valence-electron chi connectivity index (χ2n) is 4.07. The van der Waals surface area contributed by atoms with Gasteiger partial charge in [0.15, 0.2) is 5.75 Å². The third kappa shape index (κ3) is 2.45. The Morgan fingerprint density at radius 3 is 2.90 bits per heavy atom. The highest BCUT2D eigenvalue weighted by Gasteiger charge is 2.27. The monoisotopic (exact) mass is 304 g/mol. The number of pyridine rings is 2. The standard InChI is InChI=1S/C13H12N4O3S/c1-19-9-6-8(7-15-12(9)20-2)17-13(18)16-11-10(21-17)4-3-5-14-11/h3-7H,1-2H3,(H,14,16,18). The summed E-state index contributed by atoms with van der Waals surface area (Å²) < 4.78 is 11.8. The summed E-state index contributed by atoms with van der Waals surface area (Å²) in [5, 5.41) is 2.73. The van der Waals surface area contributed by atoms with Gasteiger partial charge in [0.1, 0.15) is 5.82 Å². The Hall–Kier alpha value is -2.48. The Morgan fingerprint density at radius 2 is 2.14 bits per heavy atom. The molecule has 1 N–H and O–H groups in total. The highest BCUT2D eigenvalue weighted by molar-refractivity contribution is 8.01. The van der Waals surface area contributed by atoms with E-state index in [1.54, 1.807) is 18.5 Å². The van der Waals surface area contributed by atoms with Gasteiger partial charge in [-0.1, -0.05) is 0 Å². The van der Waals surface area contributed by atoms with Gasteiger partial charge in [-0.2, -0.15) is 0 Å². The molecule has 1 aliphatic rings. The molecule has 2 aromatic rings. The number of anilines is 2. The highest BCUT2D eigenvalue weighted by Crippen LogP contribution is 2.39. The summed E-state index contributed by atoms with van der Waals surface area (Å²) in [6.07, 6.45) is 3.18. The number of rotatable bonds is 3. The van der Waals surface area contributed by atoms with Crippen LogP contribution in [0.2, 0.25) is 0 Å². The maximum atomic E-state index is 12.2. The van der Waals surface area contributed by atoms with E-state index in [2.05, 4.69) is 15.3 Å². The molecule has 1 aliphatic heterocycles. The minimum Gasteiger partial charge on any atom is -0.491 e. The summed E-state index contributed by atoms with van der Waals surface area (Å²) in [4.78, 5) is 21.3. The van der Waals surface area contributed by atoms with E-state index in [1.807, 2.05) is 12.1 Å². The average Bonchev–Trinajstić information content (AvgIpc) is 2.53. The molecular formula is C13H12N4O3S. The van der Waals surface area contributed by atoms with Crippen molar-refractivity contribution in [1.82, 2.24) is 9.97 Å². The smallest absolute Gasteiger partial charge is 0.338 e. The van der Waals surface area contributed by atoms with Crippen molar-refractivity contribution in [1.29, 1.82) is 0 Å². The van der Waals surface area contributed by atoms with Gasteiger partial charge in [0.25, 0.3) is 5.88 Å². The number of carbonyl (C=O) groups excluding carboxylic acids is 1. The van der Waals surface area contributed by atoms with Crippen LogP contribution in [-0.2, 0) is 0 Å². The van der Waals surface area contributed by atoms with Crippen molar-refractivity contribution in [2.24, 2.45) is 0 Å². The molecule has 21 heavy (non-hydrogen) atoms. The van der Waals surface area contributed by atoms with Gasteiger partial charge in [-0.25, -0.2) is 19.1 Å². The Balaban J connectivity index is 1.96. The molecule has 0 bridgehead atoms. The van der Waals surface area contributed by atoms with Crippen molar-refractivity contribution in [3.05, 3.63) is 30.6 Å². The SMILES string of the molecule is COc1cc(N2Sc3cccnc3NC2=O)cnc1OC. The number of urea groups is 1. The number of amides is 2. The van der Waals surface area contributed by atoms with Gasteiger partial charge in [0.2, 0.25) is 0 Å². The maximum absolute atomic E-state index is 12.2. The first-order chi connectivity index (χ1) is 10.2. The lowest BCUT2D eigenvalue weighted by Crippen LogP contribution is -2.33. The minimum atomic E-state index is -0.291. The first kappa shape index (κ1) is 13.5. The van der Waals surface area contributed by atoms with E-state index in [9.17, 15) is 4.79 Å². The molecule has 0 fully saturated rings. The van der Waals surface area contributed by atoms with Crippen LogP contribution < -0.4 is 19.1 Å². The molecule has 0 saturated carbocycles. The van der Waals surface area contributed by atoms with Crippen molar-refractivity contribution in [3.8, 4) is 11.6 Å². The van der Waals surface area contributed by atoms with E-state index in [0.29, 0.717) is 23.1 Å². The summed E-state index contributed by atoms with van der Waals surface area (Å²) in [5.41, 5.74) is 0.588. The first-order valence-electron chi connectivity index (χ1n) is 6.05. The maximum Gasteiger partial charge on any atom is 0.338 e. The molecule has 8 heteroatoms. The molecule has 7 nitrogen and oxygen atoms in total. The zero-order valence-electron chi connectivity index (χ0n) is 11.4. The molecular weight excluding hydrogens is 292 g/mol. The van der Waals surface area contributed by atoms with Crippen molar-refractivity contribution < 1.29 is 14.3 Å². The van der Waals surface area contributed by atoms with Crippen molar-refractivity contribution in [2.45, 2.75) is 4.90 Å². The third-order valence-corrected chi connectivity index (χ3v) is 3.91. The lowest BCUT2D eigenvalue weighted by molar-refractivity contribution is 0.259. The predicted octanol–water partition coefficient (Wildman–Crippen LogP) is 2.55. The lowest BCUT2D eigenvalue weighted by atomic mass is 10.4. The lowest BCUT2D eigenvalue weighted by Gasteiger charge is -2.26. The molecule has 0 saturated heterocycles. The summed E-state index contributed by atoms with van der Waals surface area (Å²) >= 11 is 1.27. The minimum absolute atomic E-state index is 0.291. The Labute approximate surface area is 125 Å². The van der Waals surface area contributed by atoms with Crippen LogP contribution in [0.5, 0.6) is 11.6 Å². The van der Waals surface area contributed by atoms with Crippen LogP contribution in [-0.4, -0.2) is 30.2 Å². The van der Waals surface area contributed by atoms with Crippen LogP contribution in [0.25, 0.3) is 0 Å². The zero-order chi connectivity index (χ0) is 14.8. The Bertz CT molecular complexity index is 695. The quantitative estimate of drug-likeness (QED) is 0.878. The van der Waals surface area contributed by atoms with E-state index < -0.39 is 0 Å². The second-order valence-corrected chi connectivity index (χ2v) is 5.06. The molecule has 3 rings (SSSR count). The number of methoxy groups -OCH3 is 2. The average molecular weight is 304 g/mol. The molecule has 0 atom stereocenters. The van der Waals surface area contributed by atoms with Crippen LogP contribution in [0, 0.1) is 0 Å². The molecule has 0 radical (unpaired) electrons. The molecule has 2 aromatic heterocycles. The number of nitrogens with one attached hydrogen (secondary N) is 1. The third-order valence-electron chi connectivity index (χ3n) is 2.82. The van der Waals surface area contributed by atoms with Gasteiger partial charge in [0, 0.05) is 24.2 Å². The fourth-order valence-corrected chi connectivity index (χ4v) is 2.71. The Morgan fingerprint density at radius 1 is 1.29 bits per heavy atom.